The second kappa shape index (κ2) is 7.58. The Morgan fingerprint density at radius 2 is 1.70 bits per heavy atom. The SMILES string of the molecule is OC[C@@H]1O[C@H](OC2=Cc3c(O)cc(O)cc3[OH+]C2c2ccc(O)c(O)c2)[C@H](O)[C@H]1O. The van der Waals surface area contributed by atoms with E-state index in [4.69, 9.17) is 9.47 Å². The maximum absolute atomic E-state index is 10.2. The Hall–Kier alpha value is -3.18. The Balaban J connectivity index is 1.74. The van der Waals surface area contributed by atoms with E-state index >= 15 is 0 Å². The molecule has 2 aromatic rings. The number of phenolic OH excluding ortho intramolecular Hbond substituents is 4. The number of hydrogen-bond donors (Lipinski definition) is 7. The van der Waals surface area contributed by atoms with Crippen LogP contribution in [0.4, 0.5) is 0 Å². The van der Waals surface area contributed by atoms with Gasteiger partial charge in [-0.2, -0.15) is 0 Å². The Morgan fingerprint density at radius 3 is 2.37 bits per heavy atom. The molecule has 0 amide bonds. The largest absolute Gasteiger partial charge is 0.571 e. The van der Waals surface area contributed by atoms with Crippen LogP contribution in [0.2, 0.25) is 0 Å². The lowest BCUT2D eigenvalue weighted by Gasteiger charge is -2.28. The maximum atomic E-state index is 10.2. The van der Waals surface area contributed by atoms with Crippen LogP contribution in [0.3, 0.4) is 0 Å². The molecule has 30 heavy (non-hydrogen) atoms. The summed E-state index contributed by atoms with van der Waals surface area (Å²) < 4.78 is 15.6. The predicted molar refractivity (Wildman–Crippen MR) is 101 cm³/mol. The molecule has 2 aromatic carbocycles. The molecule has 1 fully saturated rings. The Labute approximate surface area is 170 Å². The fourth-order valence-electron chi connectivity index (χ4n) is 3.43. The van der Waals surface area contributed by atoms with Crippen LogP contribution in [-0.2, 0) is 9.47 Å². The van der Waals surface area contributed by atoms with Crippen molar-refractivity contribution in [3.8, 4) is 28.7 Å². The summed E-state index contributed by atoms with van der Waals surface area (Å²) in [7, 11) is 0. The highest BCUT2D eigenvalue weighted by atomic mass is 16.7. The molecule has 0 aliphatic carbocycles. The minimum Gasteiger partial charge on any atom is -0.571 e. The summed E-state index contributed by atoms with van der Waals surface area (Å²) in [6.45, 7) is -0.528. The third kappa shape index (κ3) is 3.46. The van der Waals surface area contributed by atoms with E-state index in [9.17, 15) is 35.7 Å². The molecule has 8 N–H and O–H groups in total. The molecule has 1 unspecified atom stereocenters. The van der Waals surface area contributed by atoms with E-state index in [1.807, 2.05) is 0 Å². The van der Waals surface area contributed by atoms with Gasteiger partial charge in [0, 0.05) is 12.1 Å². The number of rotatable bonds is 4. The number of phenols is 4. The van der Waals surface area contributed by atoms with E-state index in [1.165, 1.54) is 30.3 Å². The molecule has 0 saturated carbocycles. The lowest BCUT2D eigenvalue weighted by atomic mass is 10.0. The van der Waals surface area contributed by atoms with Gasteiger partial charge in [0.15, 0.2) is 17.3 Å². The normalized spacial score (nSPS) is 27.8. The van der Waals surface area contributed by atoms with E-state index in [-0.39, 0.29) is 40.1 Å². The van der Waals surface area contributed by atoms with Crippen molar-refractivity contribution in [2.75, 3.05) is 6.61 Å². The second-order valence-electron chi connectivity index (χ2n) is 7.05. The molecule has 10 heteroatoms. The molecule has 2 aliphatic heterocycles. The van der Waals surface area contributed by atoms with Crippen molar-refractivity contribution in [1.82, 2.24) is 0 Å². The third-order valence-corrected chi connectivity index (χ3v) is 5.01. The Bertz CT molecular complexity index is 988. The molecule has 4 rings (SSSR count). The van der Waals surface area contributed by atoms with Gasteiger partial charge in [0.05, 0.1) is 18.2 Å². The number of benzene rings is 2. The van der Waals surface area contributed by atoms with Crippen LogP contribution >= 0.6 is 0 Å². The van der Waals surface area contributed by atoms with E-state index in [1.54, 1.807) is 0 Å². The molecule has 5 atom stereocenters. The van der Waals surface area contributed by atoms with Crippen molar-refractivity contribution in [2.24, 2.45) is 0 Å². The van der Waals surface area contributed by atoms with Crippen molar-refractivity contribution in [3.05, 3.63) is 47.2 Å². The van der Waals surface area contributed by atoms with Gasteiger partial charge in [-0.1, -0.05) is 0 Å². The van der Waals surface area contributed by atoms with E-state index in [2.05, 4.69) is 4.74 Å². The highest BCUT2D eigenvalue weighted by Crippen LogP contribution is 2.46. The molecule has 160 valence electrons. The molecule has 2 aliphatic rings. The molecule has 0 aromatic heterocycles. The first-order chi connectivity index (χ1) is 14.3. The topological polar surface area (TPSA) is 173 Å². The summed E-state index contributed by atoms with van der Waals surface area (Å²) in [5.41, 5.74) is 0.644. The van der Waals surface area contributed by atoms with Gasteiger partial charge in [-0.25, -0.2) is 0 Å². The van der Waals surface area contributed by atoms with Crippen LogP contribution in [0.1, 0.15) is 17.2 Å². The van der Waals surface area contributed by atoms with Crippen molar-refractivity contribution in [2.45, 2.75) is 30.7 Å². The standard InChI is InChI=1S/C20H20O10/c21-7-16-17(26)18(27)20(30-16)29-15-6-10-12(24)4-9(22)5-14(10)28-19(15)8-1-2-11(23)13(25)3-8/h1-6,16-27H,7H2/p+1/t16-,17-,18+,19?,20-/m0/s1. The van der Waals surface area contributed by atoms with Gasteiger partial charge in [0.25, 0.3) is 11.9 Å². The van der Waals surface area contributed by atoms with Gasteiger partial charge < -0.3 is 50.0 Å². The average Bonchev–Trinajstić information content (AvgIpc) is 2.98. The molecule has 1 saturated heterocycles. The smallest absolute Gasteiger partial charge is 0.270 e. The lowest BCUT2D eigenvalue weighted by Crippen LogP contribution is -2.35. The third-order valence-electron chi connectivity index (χ3n) is 5.01. The van der Waals surface area contributed by atoms with E-state index in [0.717, 1.165) is 6.07 Å². The number of hydrogen-bond acceptors (Lipinski definition) is 9. The van der Waals surface area contributed by atoms with Gasteiger partial charge in [0.1, 0.15) is 35.4 Å². The first kappa shape index (κ1) is 20.1. The van der Waals surface area contributed by atoms with Crippen molar-refractivity contribution in [1.29, 1.82) is 0 Å². The summed E-state index contributed by atoms with van der Waals surface area (Å²) in [6.07, 6.45) is -4.65. The van der Waals surface area contributed by atoms with Crippen molar-refractivity contribution >= 4 is 6.08 Å². The number of aliphatic hydroxyl groups excluding tert-OH is 3. The predicted octanol–water partition coefficient (Wildman–Crippen LogP) is 0.302. The lowest BCUT2D eigenvalue weighted by molar-refractivity contribution is -0.165. The zero-order valence-electron chi connectivity index (χ0n) is 15.5. The molecule has 2 heterocycles. The zero-order chi connectivity index (χ0) is 21.6. The highest BCUT2D eigenvalue weighted by molar-refractivity contribution is 5.69. The second-order valence-corrected chi connectivity index (χ2v) is 7.05. The van der Waals surface area contributed by atoms with Gasteiger partial charge >= 0.3 is 0 Å². The number of aromatic hydroxyl groups is 5. The van der Waals surface area contributed by atoms with E-state index in [0.29, 0.717) is 5.56 Å². The summed E-state index contributed by atoms with van der Waals surface area (Å²) in [5.74, 6) is -0.840. The highest BCUT2D eigenvalue weighted by Gasteiger charge is 2.46. The first-order valence-electron chi connectivity index (χ1n) is 9.08. The van der Waals surface area contributed by atoms with Crippen LogP contribution in [-0.4, -0.2) is 71.7 Å². The Kier molecular flexibility index (Phi) is 5.08. The monoisotopic (exact) mass is 421 g/mol. The fraction of sp³-hybridized carbons (Fsp3) is 0.300. The molecular formula is C20H21O10+. The van der Waals surface area contributed by atoms with Crippen LogP contribution in [0.5, 0.6) is 28.7 Å². The summed E-state index contributed by atoms with van der Waals surface area (Å²) in [5, 5.41) is 68.8. The zero-order valence-corrected chi connectivity index (χ0v) is 15.5. The molecular weight excluding hydrogens is 400 g/mol. The average molecular weight is 421 g/mol. The molecule has 0 bridgehead atoms. The van der Waals surface area contributed by atoms with Gasteiger partial charge in [0.2, 0.25) is 6.29 Å². The van der Waals surface area contributed by atoms with Crippen molar-refractivity contribution < 1.29 is 50.0 Å². The number of fused-ring (bicyclic) bond motifs is 1. The first-order valence-corrected chi connectivity index (χ1v) is 9.08. The molecule has 0 radical (unpaired) electrons. The van der Waals surface area contributed by atoms with Crippen LogP contribution < -0.4 is 0 Å². The summed E-state index contributed by atoms with van der Waals surface area (Å²) in [4.78, 5) is 0. The minimum absolute atomic E-state index is 0.100. The van der Waals surface area contributed by atoms with Gasteiger partial charge in [-0.3, -0.25) is 0 Å². The quantitative estimate of drug-likeness (QED) is 0.271. The van der Waals surface area contributed by atoms with E-state index < -0.39 is 37.3 Å². The van der Waals surface area contributed by atoms with Gasteiger partial charge in [-0.15, -0.1) is 0 Å². The number of aliphatic hydroxyl groups is 4. The van der Waals surface area contributed by atoms with Crippen LogP contribution in [0.25, 0.3) is 6.08 Å². The van der Waals surface area contributed by atoms with Crippen molar-refractivity contribution in [3.63, 3.8) is 0 Å². The maximum Gasteiger partial charge on any atom is 0.270 e. The molecule has 0 spiro atoms. The van der Waals surface area contributed by atoms with Gasteiger partial charge in [-0.05, 0) is 18.2 Å². The molecule has 10 nitrogen and oxygen atoms in total. The van der Waals surface area contributed by atoms with Crippen LogP contribution in [0, 0.1) is 0 Å². The minimum atomic E-state index is -1.45. The summed E-state index contributed by atoms with van der Waals surface area (Å²) in [6, 6.07) is 6.49. The van der Waals surface area contributed by atoms with Crippen LogP contribution in [0.15, 0.2) is 36.1 Å². The number of ether oxygens (including phenoxy) is 3. The fourth-order valence-corrected chi connectivity index (χ4v) is 3.43. The Morgan fingerprint density at radius 1 is 0.933 bits per heavy atom. The summed E-state index contributed by atoms with van der Waals surface area (Å²) >= 11 is 0.